The van der Waals surface area contributed by atoms with Crippen molar-refractivity contribution >= 4 is 0 Å². The minimum Gasteiger partial charge on any atom is -0.507 e. The molecule has 0 saturated carbocycles. The van der Waals surface area contributed by atoms with Crippen LogP contribution in [0.25, 0.3) is 0 Å². The third-order valence-electron chi connectivity index (χ3n) is 5.10. The molecule has 0 amide bonds. The molecule has 2 nitrogen and oxygen atoms in total. The maximum Gasteiger partial charge on any atom is 0.134 e. The predicted octanol–water partition coefficient (Wildman–Crippen LogP) is 7.27. The number of phenols is 1. The lowest BCUT2D eigenvalue weighted by molar-refractivity contribution is 0.420. The molecule has 0 saturated heterocycles. The number of ether oxygens (including phenoxy) is 1. The number of hydrogen-bond acceptors (Lipinski definition) is 2. The summed E-state index contributed by atoms with van der Waals surface area (Å²) in [7, 11) is 0. The van der Waals surface area contributed by atoms with Gasteiger partial charge in [0.1, 0.15) is 17.3 Å². The first-order valence-electron chi connectivity index (χ1n) is 10.2. The van der Waals surface area contributed by atoms with Gasteiger partial charge >= 0.3 is 0 Å². The van der Waals surface area contributed by atoms with E-state index in [0.29, 0.717) is 17.9 Å². The van der Waals surface area contributed by atoms with E-state index < -0.39 is 0 Å². The van der Waals surface area contributed by atoms with Gasteiger partial charge in [-0.2, -0.15) is 0 Å². The van der Waals surface area contributed by atoms with Crippen LogP contribution in [0.3, 0.4) is 0 Å². The minimum absolute atomic E-state index is 0.0945. The Morgan fingerprint density at radius 2 is 1.38 bits per heavy atom. The third kappa shape index (κ3) is 5.32. The maximum absolute atomic E-state index is 11.1. The van der Waals surface area contributed by atoms with Crippen LogP contribution in [0.15, 0.2) is 49.3 Å². The molecule has 2 rings (SSSR count). The molecule has 2 heteroatoms. The molecule has 2 aromatic carbocycles. The van der Waals surface area contributed by atoms with Gasteiger partial charge in [-0.1, -0.05) is 90.1 Å². The van der Waals surface area contributed by atoms with Gasteiger partial charge in [-0.25, -0.2) is 0 Å². The fourth-order valence-corrected chi connectivity index (χ4v) is 3.60. The second-order valence-corrected chi connectivity index (χ2v) is 10.1. The van der Waals surface area contributed by atoms with Crippen molar-refractivity contribution in [2.45, 2.75) is 72.6 Å². The summed E-state index contributed by atoms with van der Waals surface area (Å²) in [5, 5.41) is 11.1. The molecule has 0 atom stereocenters. The topological polar surface area (TPSA) is 29.5 Å². The lowest BCUT2D eigenvalue weighted by Gasteiger charge is -2.27. The van der Waals surface area contributed by atoms with Crippen molar-refractivity contribution in [3.05, 3.63) is 82.6 Å². The maximum atomic E-state index is 11.1. The molecule has 2 aromatic rings. The van der Waals surface area contributed by atoms with E-state index in [2.05, 4.69) is 92.8 Å². The molecule has 0 aliphatic carbocycles. The van der Waals surface area contributed by atoms with Crippen molar-refractivity contribution in [3.63, 3.8) is 0 Å². The summed E-state index contributed by atoms with van der Waals surface area (Å²) in [4.78, 5) is 0. The molecule has 0 unspecified atom stereocenters. The van der Waals surface area contributed by atoms with Crippen molar-refractivity contribution in [2.24, 2.45) is 0 Å². The first-order chi connectivity index (χ1) is 13.2. The van der Waals surface area contributed by atoms with Gasteiger partial charge in [0.25, 0.3) is 0 Å². The van der Waals surface area contributed by atoms with E-state index in [1.165, 1.54) is 5.56 Å². The van der Waals surface area contributed by atoms with Crippen LogP contribution in [0.2, 0.25) is 0 Å². The Bertz CT molecular complexity index is 934. The van der Waals surface area contributed by atoms with E-state index in [9.17, 15) is 5.11 Å². The van der Waals surface area contributed by atoms with E-state index in [4.69, 9.17) is 4.74 Å². The zero-order valence-electron chi connectivity index (χ0n) is 19.4. The number of hydrogen-bond donors (Lipinski definition) is 1. The number of phenolic OH excluding ortho intramolecular Hbond substituents is 1. The smallest absolute Gasteiger partial charge is 0.134 e. The van der Waals surface area contributed by atoms with E-state index in [1.54, 1.807) is 6.08 Å². The third-order valence-corrected chi connectivity index (χ3v) is 5.10. The van der Waals surface area contributed by atoms with Crippen LogP contribution >= 0.6 is 0 Å². The Hall–Kier alpha value is -2.48. The summed E-state index contributed by atoms with van der Waals surface area (Å²) in [6, 6.07) is 8.45. The number of allylic oxidation sites excluding steroid dienone is 1. The minimum atomic E-state index is -0.134. The molecule has 0 aliphatic heterocycles. The fourth-order valence-electron chi connectivity index (χ4n) is 3.60. The Labute approximate surface area is 176 Å². The number of rotatable bonds is 5. The summed E-state index contributed by atoms with van der Waals surface area (Å²) in [6.07, 6.45) is 2.21. The summed E-state index contributed by atoms with van der Waals surface area (Å²) in [5.41, 5.74) is 6.13. The van der Waals surface area contributed by atoms with E-state index in [1.807, 2.05) is 0 Å². The molecule has 0 spiro atoms. The van der Waals surface area contributed by atoms with Gasteiger partial charge in [-0.3, -0.25) is 0 Å². The van der Waals surface area contributed by atoms with Crippen LogP contribution in [0, 0.1) is 13.8 Å². The first-order valence-corrected chi connectivity index (χ1v) is 10.2. The van der Waals surface area contributed by atoms with Gasteiger partial charge < -0.3 is 9.84 Å². The largest absolute Gasteiger partial charge is 0.507 e. The molecule has 0 aromatic heterocycles. The average molecular weight is 393 g/mol. The quantitative estimate of drug-likeness (QED) is 0.428. The molecule has 0 radical (unpaired) electrons. The van der Waals surface area contributed by atoms with Crippen LogP contribution in [-0.4, -0.2) is 5.11 Å². The highest BCUT2D eigenvalue weighted by molar-refractivity contribution is 5.54. The highest BCUT2D eigenvalue weighted by atomic mass is 16.5. The fraction of sp³-hybridized carbons (Fsp3) is 0.407. The molecule has 29 heavy (non-hydrogen) atoms. The summed E-state index contributed by atoms with van der Waals surface area (Å²) < 4.78 is 6.15. The van der Waals surface area contributed by atoms with Crippen LogP contribution in [-0.2, 0) is 17.3 Å². The molecular weight excluding hydrogens is 356 g/mol. The van der Waals surface area contributed by atoms with Gasteiger partial charge in [-0.05, 0) is 47.4 Å². The number of benzene rings is 2. The Morgan fingerprint density at radius 1 is 0.897 bits per heavy atom. The Balaban J connectivity index is 2.70. The van der Waals surface area contributed by atoms with Crippen molar-refractivity contribution in [1.29, 1.82) is 0 Å². The van der Waals surface area contributed by atoms with Gasteiger partial charge in [0, 0.05) is 12.0 Å². The number of aromatic hydroxyl groups is 1. The second-order valence-electron chi connectivity index (χ2n) is 10.1. The van der Waals surface area contributed by atoms with Crippen molar-refractivity contribution in [3.8, 4) is 11.5 Å². The van der Waals surface area contributed by atoms with E-state index in [-0.39, 0.29) is 10.8 Å². The Kier molecular flexibility index (Phi) is 6.37. The van der Waals surface area contributed by atoms with Gasteiger partial charge in [0.05, 0.1) is 0 Å². The lowest BCUT2D eigenvalue weighted by atomic mass is 9.81. The van der Waals surface area contributed by atoms with Gasteiger partial charge in [-0.15, -0.1) is 0 Å². The Morgan fingerprint density at radius 3 is 1.86 bits per heavy atom. The van der Waals surface area contributed by atoms with Crippen molar-refractivity contribution < 1.29 is 9.84 Å². The monoisotopic (exact) mass is 392 g/mol. The van der Waals surface area contributed by atoms with Crippen molar-refractivity contribution in [1.82, 2.24) is 0 Å². The standard InChI is InChI=1S/C27H36O2/c1-11-19(4)29-25-21(13-18(3)15-23(25)27(8,9)10)16-20-12-17(2)14-22(24(20)28)26(5,6)7/h11-15,28H,1,4,16H2,2-3,5-10H3. The van der Waals surface area contributed by atoms with Crippen LogP contribution in [0.4, 0.5) is 0 Å². The molecule has 0 bridgehead atoms. The van der Waals surface area contributed by atoms with E-state index >= 15 is 0 Å². The summed E-state index contributed by atoms with van der Waals surface area (Å²) >= 11 is 0. The summed E-state index contributed by atoms with van der Waals surface area (Å²) in [6.45, 7) is 24.8. The van der Waals surface area contributed by atoms with Crippen molar-refractivity contribution in [2.75, 3.05) is 0 Å². The molecule has 0 heterocycles. The van der Waals surface area contributed by atoms with Crippen LogP contribution in [0.5, 0.6) is 11.5 Å². The molecule has 156 valence electrons. The highest BCUT2D eigenvalue weighted by Gasteiger charge is 2.25. The predicted molar refractivity (Wildman–Crippen MR) is 124 cm³/mol. The first kappa shape index (κ1) is 22.8. The van der Waals surface area contributed by atoms with E-state index in [0.717, 1.165) is 33.6 Å². The molecule has 0 fully saturated rings. The van der Waals surface area contributed by atoms with Crippen LogP contribution < -0.4 is 4.74 Å². The normalized spacial score (nSPS) is 12.0. The SMILES string of the molecule is C=CC(=C)Oc1c(Cc2cc(C)cc(C(C)(C)C)c2O)cc(C)cc1C(C)(C)C. The van der Waals surface area contributed by atoms with Gasteiger partial charge in [0.2, 0.25) is 0 Å². The van der Waals surface area contributed by atoms with Gasteiger partial charge in [0.15, 0.2) is 0 Å². The number of aryl methyl sites for hydroxylation is 2. The molecule has 0 aliphatic rings. The second kappa shape index (κ2) is 8.10. The zero-order chi connectivity index (χ0) is 22.1. The average Bonchev–Trinajstić information content (AvgIpc) is 2.57. The highest BCUT2D eigenvalue weighted by Crippen LogP contribution is 2.40. The molecular formula is C27H36O2. The zero-order valence-corrected chi connectivity index (χ0v) is 19.4. The molecule has 1 N–H and O–H groups in total. The lowest BCUT2D eigenvalue weighted by Crippen LogP contribution is -2.15. The summed E-state index contributed by atoms with van der Waals surface area (Å²) in [5.74, 6) is 1.70. The van der Waals surface area contributed by atoms with Crippen LogP contribution in [0.1, 0.15) is 74.9 Å².